The van der Waals surface area contributed by atoms with Crippen molar-refractivity contribution in [1.29, 1.82) is 0 Å². The lowest BCUT2D eigenvalue weighted by Crippen LogP contribution is -2.25. The number of hydrogen-bond acceptors (Lipinski definition) is 3. The van der Waals surface area contributed by atoms with Crippen LogP contribution in [0.1, 0.15) is 107 Å². The second-order valence-corrected chi connectivity index (χ2v) is 6.94. The molecule has 1 aromatic heterocycles. The third kappa shape index (κ3) is 12.5. The zero-order chi connectivity index (χ0) is 18.0. The molecular weight excluding hydrogens is 310 g/mol. The van der Waals surface area contributed by atoms with Gasteiger partial charge in [0.05, 0.1) is 6.20 Å². The molecule has 0 aliphatic heterocycles. The first kappa shape index (κ1) is 21.6. The summed E-state index contributed by atoms with van der Waals surface area (Å²) in [6, 6.07) is 0. The van der Waals surface area contributed by atoms with Crippen molar-refractivity contribution in [2.75, 3.05) is 6.54 Å². The Morgan fingerprint density at radius 3 is 1.80 bits per heavy atom. The van der Waals surface area contributed by atoms with E-state index < -0.39 is 0 Å². The van der Waals surface area contributed by atoms with Crippen molar-refractivity contribution in [3.05, 3.63) is 24.3 Å². The van der Waals surface area contributed by atoms with E-state index in [1.807, 2.05) is 0 Å². The zero-order valence-corrected chi connectivity index (χ0v) is 16.1. The van der Waals surface area contributed by atoms with E-state index in [-0.39, 0.29) is 5.91 Å². The fourth-order valence-corrected chi connectivity index (χ4v) is 3.03. The average molecular weight is 348 g/mol. The number of aromatic nitrogens is 2. The van der Waals surface area contributed by atoms with Gasteiger partial charge in [-0.1, -0.05) is 90.4 Å². The maximum Gasteiger partial charge on any atom is 0.271 e. The minimum atomic E-state index is -0.122. The van der Waals surface area contributed by atoms with Gasteiger partial charge in [-0.25, -0.2) is 4.98 Å². The lowest BCUT2D eigenvalue weighted by molar-refractivity contribution is 0.0947. The Morgan fingerprint density at radius 1 is 0.800 bits per heavy atom. The number of unbranched alkanes of at least 4 members (excludes halogenated alkanes) is 13. The predicted octanol–water partition coefficient (Wildman–Crippen LogP) is 5.69. The van der Waals surface area contributed by atoms with Crippen molar-refractivity contribution < 1.29 is 4.79 Å². The summed E-state index contributed by atoms with van der Waals surface area (Å²) in [5.74, 6) is -0.122. The smallest absolute Gasteiger partial charge is 0.271 e. The van der Waals surface area contributed by atoms with Crippen molar-refractivity contribution in [2.45, 2.75) is 96.8 Å². The van der Waals surface area contributed by atoms with Gasteiger partial charge in [-0.3, -0.25) is 9.78 Å². The molecule has 0 saturated heterocycles. The molecule has 0 aliphatic rings. The molecule has 0 saturated carbocycles. The number of carbonyl (C=O) groups excluding carboxylic acids is 1. The summed E-state index contributed by atoms with van der Waals surface area (Å²) in [7, 11) is 0. The van der Waals surface area contributed by atoms with Gasteiger partial charge >= 0.3 is 0 Å². The Morgan fingerprint density at radius 2 is 1.32 bits per heavy atom. The highest BCUT2D eigenvalue weighted by Gasteiger charge is 2.04. The topological polar surface area (TPSA) is 54.9 Å². The molecule has 1 aromatic rings. The quantitative estimate of drug-likeness (QED) is 0.391. The van der Waals surface area contributed by atoms with Crippen LogP contribution in [0.4, 0.5) is 0 Å². The van der Waals surface area contributed by atoms with Crippen LogP contribution in [-0.2, 0) is 0 Å². The molecule has 0 spiro atoms. The first-order chi connectivity index (χ1) is 12.3. The van der Waals surface area contributed by atoms with Crippen LogP contribution in [0.25, 0.3) is 0 Å². The first-order valence-corrected chi connectivity index (χ1v) is 10.4. The lowest BCUT2D eigenvalue weighted by atomic mass is 10.0. The van der Waals surface area contributed by atoms with Gasteiger partial charge in [0, 0.05) is 18.9 Å². The standard InChI is InChI=1S/C21H37N3O/c1-2-3-4-5-6-7-8-9-10-11-12-13-14-15-16-24-21(25)20-19-22-17-18-23-20/h17-19H,2-16H2,1H3,(H,24,25). The van der Waals surface area contributed by atoms with Crippen LogP contribution in [-0.4, -0.2) is 22.4 Å². The minimum Gasteiger partial charge on any atom is -0.351 e. The summed E-state index contributed by atoms with van der Waals surface area (Å²) in [5.41, 5.74) is 0.396. The highest BCUT2D eigenvalue weighted by Crippen LogP contribution is 2.12. The molecule has 0 aliphatic carbocycles. The molecule has 0 radical (unpaired) electrons. The predicted molar refractivity (Wildman–Crippen MR) is 105 cm³/mol. The maximum atomic E-state index is 11.8. The van der Waals surface area contributed by atoms with E-state index in [1.165, 1.54) is 89.7 Å². The third-order valence-corrected chi connectivity index (χ3v) is 4.61. The number of carbonyl (C=O) groups is 1. The van der Waals surface area contributed by atoms with Gasteiger partial charge in [-0.2, -0.15) is 0 Å². The minimum absolute atomic E-state index is 0.122. The van der Waals surface area contributed by atoms with Gasteiger partial charge in [0.25, 0.3) is 5.91 Å². The van der Waals surface area contributed by atoms with Crippen LogP contribution in [0.3, 0.4) is 0 Å². The summed E-state index contributed by atoms with van der Waals surface area (Å²) in [5, 5.41) is 2.90. The molecule has 0 atom stereocenters. The van der Waals surface area contributed by atoms with Crippen LogP contribution < -0.4 is 5.32 Å². The molecule has 1 N–H and O–H groups in total. The third-order valence-electron chi connectivity index (χ3n) is 4.61. The highest BCUT2D eigenvalue weighted by molar-refractivity contribution is 5.91. The fourth-order valence-electron chi connectivity index (χ4n) is 3.03. The van der Waals surface area contributed by atoms with Gasteiger partial charge in [-0.05, 0) is 6.42 Å². The second-order valence-electron chi connectivity index (χ2n) is 6.94. The van der Waals surface area contributed by atoms with E-state index in [2.05, 4.69) is 22.2 Å². The van der Waals surface area contributed by atoms with Crippen LogP contribution >= 0.6 is 0 Å². The molecule has 1 amide bonds. The van der Waals surface area contributed by atoms with Crippen LogP contribution in [0.5, 0.6) is 0 Å². The van der Waals surface area contributed by atoms with Gasteiger partial charge in [0.2, 0.25) is 0 Å². The van der Waals surface area contributed by atoms with E-state index >= 15 is 0 Å². The van der Waals surface area contributed by atoms with E-state index in [9.17, 15) is 4.79 Å². The van der Waals surface area contributed by atoms with E-state index in [0.29, 0.717) is 5.69 Å². The van der Waals surface area contributed by atoms with Gasteiger partial charge in [0.1, 0.15) is 5.69 Å². The Labute approximate surface area is 154 Å². The van der Waals surface area contributed by atoms with Crippen LogP contribution in [0, 0.1) is 0 Å². The molecule has 0 fully saturated rings. The van der Waals surface area contributed by atoms with Crippen molar-refractivity contribution in [2.24, 2.45) is 0 Å². The Bertz CT molecular complexity index is 422. The number of hydrogen-bond donors (Lipinski definition) is 1. The van der Waals surface area contributed by atoms with Crippen molar-refractivity contribution >= 4 is 5.91 Å². The molecule has 4 heteroatoms. The summed E-state index contributed by atoms with van der Waals surface area (Å²) in [6.07, 6.45) is 23.5. The average Bonchev–Trinajstić information content (AvgIpc) is 2.65. The monoisotopic (exact) mass is 347 g/mol. The molecule has 0 aromatic carbocycles. The number of rotatable bonds is 16. The van der Waals surface area contributed by atoms with Gasteiger partial charge < -0.3 is 5.32 Å². The number of amides is 1. The van der Waals surface area contributed by atoms with Crippen molar-refractivity contribution in [3.63, 3.8) is 0 Å². The van der Waals surface area contributed by atoms with Crippen LogP contribution in [0.2, 0.25) is 0 Å². The van der Waals surface area contributed by atoms with Crippen molar-refractivity contribution in [3.8, 4) is 0 Å². The molecular formula is C21H37N3O. The largest absolute Gasteiger partial charge is 0.351 e. The van der Waals surface area contributed by atoms with Crippen molar-refractivity contribution in [1.82, 2.24) is 15.3 Å². The molecule has 1 heterocycles. The Kier molecular flexibility index (Phi) is 13.9. The SMILES string of the molecule is CCCCCCCCCCCCCCCCNC(=O)c1cnccn1. The number of nitrogens with one attached hydrogen (secondary N) is 1. The van der Waals surface area contributed by atoms with Gasteiger partial charge in [0.15, 0.2) is 0 Å². The lowest BCUT2D eigenvalue weighted by Gasteiger charge is -2.05. The van der Waals surface area contributed by atoms with E-state index in [4.69, 9.17) is 0 Å². The summed E-state index contributed by atoms with van der Waals surface area (Å²) in [4.78, 5) is 19.7. The number of nitrogens with zero attached hydrogens (tertiary/aromatic N) is 2. The molecule has 25 heavy (non-hydrogen) atoms. The summed E-state index contributed by atoms with van der Waals surface area (Å²) in [6.45, 7) is 3.00. The maximum absolute atomic E-state index is 11.8. The van der Waals surface area contributed by atoms with Gasteiger partial charge in [-0.15, -0.1) is 0 Å². The van der Waals surface area contributed by atoms with Crippen LogP contribution in [0.15, 0.2) is 18.6 Å². The molecule has 1 rings (SSSR count). The second kappa shape index (κ2) is 16.0. The molecule has 142 valence electrons. The summed E-state index contributed by atoms with van der Waals surface area (Å²) < 4.78 is 0. The molecule has 0 unspecified atom stereocenters. The highest BCUT2D eigenvalue weighted by atomic mass is 16.1. The normalized spacial score (nSPS) is 10.8. The zero-order valence-electron chi connectivity index (χ0n) is 16.1. The Balaban J connectivity index is 1.78. The fraction of sp³-hybridized carbons (Fsp3) is 0.762. The van der Waals surface area contributed by atoms with E-state index in [0.717, 1.165) is 13.0 Å². The molecule has 4 nitrogen and oxygen atoms in total. The summed E-state index contributed by atoms with van der Waals surface area (Å²) >= 11 is 0. The van der Waals surface area contributed by atoms with E-state index in [1.54, 1.807) is 12.4 Å². The first-order valence-electron chi connectivity index (χ1n) is 10.4. The Hall–Kier alpha value is -1.45. The molecule has 0 bridgehead atoms.